The van der Waals surface area contributed by atoms with Crippen molar-refractivity contribution in [2.24, 2.45) is 5.16 Å². The molecule has 1 heterocycles. The van der Waals surface area contributed by atoms with Gasteiger partial charge in [-0.25, -0.2) is 0 Å². The van der Waals surface area contributed by atoms with Crippen molar-refractivity contribution in [3.8, 4) is 0 Å². The Hall–Kier alpha value is -0.650. The summed E-state index contributed by atoms with van der Waals surface area (Å²) >= 11 is 0. The van der Waals surface area contributed by atoms with Crippen LogP contribution in [0.4, 0.5) is 0 Å². The molecule has 1 aliphatic rings. The number of hydrogen-bond donors (Lipinski definition) is 1. The molecule has 5 heteroatoms. The molecule has 0 bridgehead atoms. The fraction of sp³-hybridized carbons (Fsp3) is 0.857. The molecule has 0 aromatic rings. The third kappa shape index (κ3) is 1.74. The van der Waals surface area contributed by atoms with Crippen LogP contribution in [0.1, 0.15) is 6.42 Å². The molecule has 1 atom stereocenters. The van der Waals surface area contributed by atoms with Crippen molar-refractivity contribution in [1.82, 2.24) is 0 Å². The molecule has 0 aliphatic carbocycles. The van der Waals surface area contributed by atoms with E-state index in [1.54, 1.807) is 0 Å². The van der Waals surface area contributed by atoms with Gasteiger partial charge in [0.25, 0.3) is 0 Å². The summed E-state index contributed by atoms with van der Waals surface area (Å²) < 4.78 is 15.2. The van der Waals surface area contributed by atoms with Crippen LogP contribution in [-0.4, -0.2) is 44.1 Å². The molecule has 0 amide bonds. The Morgan fingerprint density at radius 1 is 1.58 bits per heavy atom. The van der Waals surface area contributed by atoms with Crippen LogP contribution in [-0.2, 0) is 14.2 Å². The molecule has 0 aromatic carbocycles. The largest absolute Gasteiger partial charge is 0.411 e. The lowest BCUT2D eigenvalue weighted by Gasteiger charge is -2.19. The first-order chi connectivity index (χ1) is 5.83. The molecule has 0 aromatic heterocycles. The van der Waals surface area contributed by atoms with Crippen molar-refractivity contribution in [3.63, 3.8) is 0 Å². The van der Waals surface area contributed by atoms with Gasteiger partial charge < -0.3 is 19.4 Å². The molecule has 1 saturated heterocycles. The normalized spacial score (nSPS) is 27.2. The van der Waals surface area contributed by atoms with E-state index in [0.717, 1.165) is 0 Å². The van der Waals surface area contributed by atoms with E-state index in [9.17, 15) is 0 Å². The first-order valence-corrected chi connectivity index (χ1v) is 3.71. The van der Waals surface area contributed by atoms with Crippen molar-refractivity contribution < 1.29 is 19.4 Å². The predicted molar refractivity (Wildman–Crippen MR) is 41.4 cm³/mol. The molecule has 0 saturated carbocycles. The minimum absolute atomic E-state index is 0.370. The number of oxime groups is 1. The highest BCUT2D eigenvalue weighted by atomic mass is 16.7. The van der Waals surface area contributed by atoms with Crippen LogP contribution in [0, 0.1) is 0 Å². The molecular formula is C7H13NO4. The van der Waals surface area contributed by atoms with Crippen LogP contribution in [0.3, 0.4) is 0 Å². The molecule has 12 heavy (non-hydrogen) atoms. The van der Waals surface area contributed by atoms with Crippen LogP contribution >= 0.6 is 0 Å². The van der Waals surface area contributed by atoms with E-state index < -0.39 is 6.29 Å². The third-order valence-electron chi connectivity index (χ3n) is 1.82. The molecule has 0 radical (unpaired) electrons. The maximum Gasteiger partial charge on any atom is 0.188 e. The monoisotopic (exact) mass is 175 g/mol. The number of hydrogen-bond acceptors (Lipinski definition) is 5. The van der Waals surface area contributed by atoms with Gasteiger partial charge >= 0.3 is 0 Å². The average Bonchev–Trinajstić information content (AvgIpc) is 2.55. The van der Waals surface area contributed by atoms with Crippen molar-refractivity contribution in [3.05, 3.63) is 0 Å². The summed E-state index contributed by atoms with van der Waals surface area (Å²) in [5.41, 5.74) is 0.573. The molecular weight excluding hydrogens is 162 g/mol. The van der Waals surface area contributed by atoms with Crippen molar-refractivity contribution in [2.45, 2.75) is 18.8 Å². The zero-order valence-electron chi connectivity index (χ0n) is 7.19. The van der Waals surface area contributed by atoms with Crippen molar-refractivity contribution >= 4 is 5.71 Å². The molecule has 1 unspecified atom stereocenters. The maximum absolute atomic E-state index is 8.57. The van der Waals surface area contributed by atoms with Gasteiger partial charge in [-0.1, -0.05) is 5.16 Å². The Balaban J connectivity index is 2.59. The van der Waals surface area contributed by atoms with E-state index in [1.807, 2.05) is 0 Å². The Morgan fingerprint density at radius 2 is 2.25 bits per heavy atom. The molecule has 70 valence electrons. The number of ether oxygens (including phenoxy) is 3. The zero-order chi connectivity index (χ0) is 8.97. The van der Waals surface area contributed by atoms with Crippen LogP contribution in [0.25, 0.3) is 0 Å². The minimum atomic E-state index is -0.488. The lowest BCUT2D eigenvalue weighted by molar-refractivity contribution is -0.152. The summed E-state index contributed by atoms with van der Waals surface area (Å²) in [6, 6.07) is 0. The Morgan fingerprint density at radius 3 is 2.75 bits per heavy atom. The van der Waals surface area contributed by atoms with E-state index in [2.05, 4.69) is 5.16 Å². The van der Waals surface area contributed by atoms with Gasteiger partial charge in [-0.15, -0.1) is 0 Å². The van der Waals surface area contributed by atoms with Crippen LogP contribution in [0.5, 0.6) is 0 Å². The standard InChI is InChI=1S/C7H13NO4/c1-10-7(11-2)6-5(8-9)3-4-12-6/h6-7,9H,3-4H2,1-2H3/b8-5-. The van der Waals surface area contributed by atoms with Crippen LogP contribution in [0.2, 0.25) is 0 Å². The first-order valence-electron chi connectivity index (χ1n) is 3.71. The SMILES string of the molecule is COC(OC)C1OCC/C1=N/O. The Kier molecular flexibility index (Phi) is 3.46. The van der Waals surface area contributed by atoms with E-state index in [1.165, 1.54) is 14.2 Å². The van der Waals surface area contributed by atoms with Gasteiger partial charge in [0.15, 0.2) is 6.29 Å². The maximum atomic E-state index is 8.57. The third-order valence-corrected chi connectivity index (χ3v) is 1.82. The highest BCUT2D eigenvalue weighted by molar-refractivity contribution is 5.90. The van der Waals surface area contributed by atoms with E-state index in [4.69, 9.17) is 19.4 Å². The lowest BCUT2D eigenvalue weighted by Crippen LogP contribution is -2.34. The molecule has 1 fully saturated rings. The summed E-state index contributed by atoms with van der Waals surface area (Å²) in [5.74, 6) is 0. The fourth-order valence-electron chi connectivity index (χ4n) is 1.21. The summed E-state index contributed by atoms with van der Waals surface area (Å²) in [7, 11) is 3.04. The van der Waals surface area contributed by atoms with Gasteiger partial charge in [-0.3, -0.25) is 0 Å². The summed E-state index contributed by atoms with van der Waals surface area (Å²) in [6.07, 6.45) is -0.229. The molecule has 1 N–H and O–H groups in total. The molecule has 5 nitrogen and oxygen atoms in total. The highest BCUT2D eigenvalue weighted by Gasteiger charge is 2.32. The molecule has 1 aliphatic heterocycles. The van der Waals surface area contributed by atoms with Gasteiger partial charge in [-0.2, -0.15) is 0 Å². The van der Waals surface area contributed by atoms with Crippen LogP contribution < -0.4 is 0 Å². The first kappa shape index (κ1) is 9.44. The zero-order valence-corrected chi connectivity index (χ0v) is 7.19. The van der Waals surface area contributed by atoms with Crippen molar-refractivity contribution in [2.75, 3.05) is 20.8 Å². The smallest absolute Gasteiger partial charge is 0.188 e. The van der Waals surface area contributed by atoms with E-state index in [0.29, 0.717) is 18.7 Å². The topological polar surface area (TPSA) is 60.3 Å². The number of rotatable bonds is 3. The van der Waals surface area contributed by atoms with Gasteiger partial charge in [0, 0.05) is 20.6 Å². The summed E-state index contributed by atoms with van der Waals surface area (Å²) in [5, 5.41) is 11.7. The van der Waals surface area contributed by atoms with Gasteiger partial charge in [-0.05, 0) is 0 Å². The second kappa shape index (κ2) is 4.39. The number of methoxy groups -OCH3 is 2. The summed E-state index contributed by atoms with van der Waals surface area (Å²) in [6.45, 7) is 0.549. The van der Waals surface area contributed by atoms with Crippen LogP contribution in [0.15, 0.2) is 5.16 Å². The van der Waals surface area contributed by atoms with Crippen molar-refractivity contribution in [1.29, 1.82) is 0 Å². The predicted octanol–water partition coefficient (Wildman–Crippen LogP) is 0.224. The Labute approximate surface area is 70.9 Å². The van der Waals surface area contributed by atoms with E-state index >= 15 is 0 Å². The number of nitrogens with zero attached hydrogens (tertiary/aromatic N) is 1. The average molecular weight is 175 g/mol. The fourth-order valence-corrected chi connectivity index (χ4v) is 1.21. The lowest BCUT2D eigenvalue weighted by atomic mass is 10.2. The van der Waals surface area contributed by atoms with Gasteiger partial charge in [0.05, 0.1) is 12.3 Å². The second-order valence-electron chi connectivity index (χ2n) is 2.47. The summed E-state index contributed by atoms with van der Waals surface area (Å²) in [4.78, 5) is 0. The molecule has 1 rings (SSSR count). The minimum Gasteiger partial charge on any atom is -0.411 e. The Bertz CT molecular complexity index is 167. The van der Waals surface area contributed by atoms with E-state index in [-0.39, 0.29) is 6.10 Å². The molecule has 0 spiro atoms. The quantitative estimate of drug-likeness (QED) is 0.379. The second-order valence-corrected chi connectivity index (χ2v) is 2.47. The van der Waals surface area contributed by atoms with Gasteiger partial charge in [0.1, 0.15) is 6.10 Å². The van der Waals surface area contributed by atoms with Gasteiger partial charge in [0.2, 0.25) is 0 Å². The highest BCUT2D eigenvalue weighted by Crippen LogP contribution is 2.15.